The summed E-state index contributed by atoms with van der Waals surface area (Å²) in [5.41, 5.74) is 0.895. The molecule has 23 heavy (non-hydrogen) atoms. The van der Waals surface area contributed by atoms with E-state index in [-0.39, 0.29) is 26.1 Å². The van der Waals surface area contributed by atoms with E-state index in [1.54, 1.807) is 0 Å². The lowest BCUT2D eigenvalue weighted by molar-refractivity contribution is -0.150. The van der Waals surface area contributed by atoms with Gasteiger partial charge in [0.2, 0.25) is 0 Å². The number of halogens is 2. The summed E-state index contributed by atoms with van der Waals surface area (Å²) in [6.45, 7) is 0.0816. The molecule has 2 aromatic carbocycles. The molecular weight excluding hydrogens is 339 g/mol. The molecule has 2 rings (SSSR count). The van der Waals surface area contributed by atoms with Gasteiger partial charge in [-0.3, -0.25) is 9.59 Å². The third kappa shape index (κ3) is 6.08. The Balaban J connectivity index is 1.76. The molecule has 0 spiro atoms. The lowest BCUT2D eigenvalue weighted by Gasteiger charge is -2.07. The molecule has 0 aliphatic carbocycles. The third-order valence-electron chi connectivity index (χ3n) is 3.12. The minimum Gasteiger partial charge on any atom is -0.463 e. The summed E-state index contributed by atoms with van der Waals surface area (Å²) in [4.78, 5) is 22.2. The van der Waals surface area contributed by atoms with E-state index >= 15 is 0 Å². The van der Waals surface area contributed by atoms with Crippen LogP contribution in [0.4, 0.5) is 0 Å². The number of alkyl halides is 2. The standard InChI is InChI=1S/C17H16Cl2O4/c18-15(19)11-23-17(21)8-7-16(20)22-10-12-5-6-13-3-1-2-4-14(13)9-12/h1-6,9,15H,7-8,10-11H2. The minimum atomic E-state index is -0.765. The number of carbonyl (C=O) groups excluding carboxylic acids is 2. The number of benzene rings is 2. The molecule has 0 atom stereocenters. The van der Waals surface area contributed by atoms with Crippen molar-refractivity contribution in [2.24, 2.45) is 0 Å². The molecule has 0 aliphatic heterocycles. The zero-order valence-electron chi connectivity index (χ0n) is 12.3. The predicted octanol–water partition coefficient (Wildman–Crippen LogP) is 4.01. The van der Waals surface area contributed by atoms with Crippen molar-refractivity contribution >= 4 is 45.9 Å². The monoisotopic (exact) mass is 354 g/mol. The van der Waals surface area contributed by atoms with Gasteiger partial charge in [0.05, 0.1) is 12.8 Å². The van der Waals surface area contributed by atoms with Crippen LogP contribution in [0.5, 0.6) is 0 Å². The number of hydrogen-bond acceptors (Lipinski definition) is 4. The average Bonchev–Trinajstić information content (AvgIpc) is 2.56. The maximum atomic E-state index is 11.6. The Hall–Kier alpha value is -1.78. The van der Waals surface area contributed by atoms with Gasteiger partial charge in [0, 0.05) is 0 Å². The number of rotatable bonds is 7. The lowest BCUT2D eigenvalue weighted by Crippen LogP contribution is -2.13. The van der Waals surface area contributed by atoms with Crippen LogP contribution in [0.15, 0.2) is 42.5 Å². The van der Waals surface area contributed by atoms with E-state index in [4.69, 9.17) is 32.7 Å². The molecule has 0 N–H and O–H groups in total. The van der Waals surface area contributed by atoms with Gasteiger partial charge < -0.3 is 9.47 Å². The molecule has 122 valence electrons. The van der Waals surface area contributed by atoms with Crippen LogP contribution in [0.25, 0.3) is 10.8 Å². The number of fused-ring (bicyclic) bond motifs is 1. The zero-order valence-corrected chi connectivity index (χ0v) is 13.8. The van der Waals surface area contributed by atoms with Gasteiger partial charge in [0.1, 0.15) is 18.1 Å². The first-order valence-electron chi connectivity index (χ1n) is 7.11. The second kappa shape index (κ2) is 8.75. The van der Waals surface area contributed by atoms with Crippen molar-refractivity contribution in [3.8, 4) is 0 Å². The molecule has 0 unspecified atom stereocenters. The van der Waals surface area contributed by atoms with Gasteiger partial charge in [-0.1, -0.05) is 36.4 Å². The molecule has 6 heteroatoms. The van der Waals surface area contributed by atoms with Crippen molar-refractivity contribution in [2.45, 2.75) is 24.3 Å². The Morgan fingerprint density at radius 1 is 0.913 bits per heavy atom. The van der Waals surface area contributed by atoms with E-state index in [1.807, 2.05) is 42.5 Å². The molecular formula is C17H16Cl2O4. The molecule has 0 saturated carbocycles. The van der Waals surface area contributed by atoms with Crippen LogP contribution < -0.4 is 0 Å². The maximum Gasteiger partial charge on any atom is 0.306 e. The summed E-state index contributed by atoms with van der Waals surface area (Å²) in [7, 11) is 0. The van der Waals surface area contributed by atoms with E-state index in [0.29, 0.717) is 0 Å². The normalized spacial score (nSPS) is 10.7. The molecule has 2 aromatic rings. The fourth-order valence-electron chi connectivity index (χ4n) is 2.00. The topological polar surface area (TPSA) is 52.6 Å². The van der Waals surface area contributed by atoms with Crippen LogP contribution in [0.1, 0.15) is 18.4 Å². The van der Waals surface area contributed by atoms with Crippen LogP contribution in [0.2, 0.25) is 0 Å². The van der Waals surface area contributed by atoms with Crippen LogP contribution >= 0.6 is 23.2 Å². The Morgan fingerprint density at radius 2 is 1.57 bits per heavy atom. The van der Waals surface area contributed by atoms with Gasteiger partial charge in [-0.05, 0) is 22.4 Å². The van der Waals surface area contributed by atoms with Crippen LogP contribution in [-0.4, -0.2) is 23.4 Å². The van der Waals surface area contributed by atoms with Crippen LogP contribution in [0.3, 0.4) is 0 Å². The Labute approximate surface area is 144 Å². The highest BCUT2D eigenvalue weighted by atomic mass is 35.5. The third-order valence-corrected chi connectivity index (χ3v) is 3.37. The van der Waals surface area contributed by atoms with E-state index in [1.165, 1.54) is 0 Å². The average molecular weight is 355 g/mol. The van der Waals surface area contributed by atoms with Gasteiger partial charge in [0.25, 0.3) is 0 Å². The number of esters is 2. The van der Waals surface area contributed by atoms with Gasteiger partial charge >= 0.3 is 11.9 Å². The van der Waals surface area contributed by atoms with Crippen LogP contribution in [-0.2, 0) is 25.7 Å². The van der Waals surface area contributed by atoms with E-state index in [9.17, 15) is 9.59 Å². The van der Waals surface area contributed by atoms with Crippen LogP contribution in [0, 0.1) is 0 Å². The summed E-state index contributed by atoms with van der Waals surface area (Å²) in [6, 6.07) is 13.8. The second-order valence-electron chi connectivity index (χ2n) is 4.92. The zero-order chi connectivity index (χ0) is 16.7. The molecule has 0 heterocycles. The van der Waals surface area contributed by atoms with E-state index < -0.39 is 16.8 Å². The highest BCUT2D eigenvalue weighted by molar-refractivity contribution is 6.44. The summed E-state index contributed by atoms with van der Waals surface area (Å²) >= 11 is 10.9. The number of hydrogen-bond donors (Lipinski definition) is 0. The fourth-order valence-corrected chi connectivity index (χ4v) is 2.12. The molecule has 0 aliphatic rings. The highest BCUT2D eigenvalue weighted by Crippen LogP contribution is 2.16. The Morgan fingerprint density at radius 3 is 2.26 bits per heavy atom. The molecule has 4 nitrogen and oxygen atoms in total. The van der Waals surface area contributed by atoms with Crippen molar-refractivity contribution in [3.05, 3.63) is 48.0 Å². The first-order valence-corrected chi connectivity index (χ1v) is 7.99. The summed E-state index contributed by atoms with van der Waals surface area (Å²) in [5.74, 6) is -0.984. The largest absolute Gasteiger partial charge is 0.463 e. The molecule has 0 fully saturated rings. The summed E-state index contributed by atoms with van der Waals surface area (Å²) in [5, 5.41) is 2.21. The fraction of sp³-hybridized carbons (Fsp3) is 0.294. The van der Waals surface area contributed by atoms with Gasteiger partial charge in [0.15, 0.2) is 0 Å². The first-order chi connectivity index (χ1) is 11.0. The van der Waals surface area contributed by atoms with E-state index in [2.05, 4.69) is 0 Å². The molecule has 0 bridgehead atoms. The smallest absolute Gasteiger partial charge is 0.306 e. The lowest BCUT2D eigenvalue weighted by atomic mass is 10.1. The Kier molecular flexibility index (Phi) is 6.68. The SMILES string of the molecule is O=C(CCC(=O)OCC(Cl)Cl)OCc1ccc2ccccc2c1. The van der Waals surface area contributed by atoms with Gasteiger partial charge in [-0.15, -0.1) is 23.2 Å². The highest BCUT2D eigenvalue weighted by Gasteiger charge is 2.11. The molecule has 0 saturated heterocycles. The number of ether oxygens (including phenoxy) is 2. The quantitative estimate of drug-likeness (QED) is 0.556. The molecule has 0 radical (unpaired) electrons. The number of carbonyl (C=O) groups is 2. The first kappa shape index (κ1) is 17.6. The minimum absolute atomic E-state index is 0.0400. The Bertz CT molecular complexity index is 685. The van der Waals surface area contributed by atoms with Crippen molar-refractivity contribution in [1.82, 2.24) is 0 Å². The summed E-state index contributed by atoms with van der Waals surface area (Å²) in [6.07, 6.45) is -0.0985. The summed E-state index contributed by atoms with van der Waals surface area (Å²) < 4.78 is 9.91. The predicted molar refractivity (Wildman–Crippen MR) is 89.4 cm³/mol. The van der Waals surface area contributed by atoms with Crippen molar-refractivity contribution in [3.63, 3.8) is 0 Å². The van der Waals surface area contributed by atoms with Crippen molar-refractivity contribution in [1.29, 1.82) is 0 Å². The molecule has 0 amide bonds. The molecule has 0 aromatic heterocycles. The van der Waals surface area contributed by atoms with Crippen molar-refractivity contribution < 1.29 is 19.1 Å². The maximum absolute atomic E-state index is 11.6. The van der Waals surface area contributed by atoms with Gasteiger partial charge in [-0.25, -0.2) is 0 Å². The van der Waals surface area contributed by atoms with Gasteiger partial charge in [-0.2, -0.15) is 0 Å². The second-order valence-corrected chi connectivity index (χ2v) is 6.19. The van der Waals surface area contributed by atoms with E-state index in [0.717, 1.165) is 16.3 Å². The van der Waals surface area contributed by atoms with Crippen molar-refractivity contribution in [2.75, 3.05) is 6.61 Å².